The van der Waals surface area contributed by atoms with Gasteiger partial charge in [0.2, 0.25) is 11.1 Å². The lowest BCUT2D eigenvalue weighted by Gasteiger charge is -2.27. The third kappa shape index (κ3) is 2.94. The quantitative estimate of drug-likeness (QED) is 0.596. The molecule has 0 fully saturated rings. The maximum Gasteiger partial charge on any atom is 0.263 e. The van der Waals surface area contributed by atoms with Crippen LogP contribution in [0.2, 0.25) is 0 Å². The van der Waals surface area contributed by atoms with E-state index in [9.17, 15) is 14.0 Å². The fourth-order valence-corrected chi connectivity index (χ4v) is 3.60. The van der Waals surface area contributed by atoms with Crippen LogP contribution in [0, 0.1) is 5.82 Å². The molecule has 0 atom stereocenters. The first-order chi connectivity index (χ1) is 12.5. The highest BCUT2D eigenvalue weighted by molar-refractivity contribution is 7.99. The zero-order valence-corrected chi connectivity index (χ0v) is 14.6. The molecule has 0 aliphatic carbocycles. The number of aryl methyl sites for hydroxylation is 1. The number of fused-ring (bicyclic) bond motifs is 2. The van der Waals surface area contributed by atoms with E-state index in [1.165, 1.54) is 33.0 Å². The van der Waals surface area contributed by atoms with Crippen molar-refractivity contribution in [2.24, 2.45) is 7.05 Å². The Labute approximate surface area is 150 Å². The van der Waals surface area contributed by atoms with Gasteiger partial charge in [0.25, 0.3) is 5.56 Å². The molecular weight excluding hydrogens is 361 g/mol. The monoisotopic (exact) mass is 375 g/mol. The minimum Gasteiger partial charge on any atom is -0.337 e. The number of halogens is 1. The molecule has 0 bridgehead atoms. The summed E-state index contributed by atoms with van der Waals surface area (Å²) in [6, 6.07) is 2.74. The third-order valence-electron chi connectivity index (χ3n) is 4.19. The van der Waals surface area contributed by atoms with Gasteiger partial charge in [-0.15, -0.1) is 5.10 Å². The van der Waals surface area contributed by atoms with Gasteiger partial charge in [-0.1, -0.05) is 11.8 Å². The Hall–Kier alpha value is -2.82. The van der Waals surface area contributed by atoms with E-state index in [0.29, 0.717) is 35.0 Å². The topological polar surface area (TPSA) is 98.3 Å². The molecule has 1 aliphatic heterocycles. The lowest BCUT2D eigenvalue weighted by atomic mass is 10.1. The Bertz CT molecular complexity index is 1060. The normalized spacial score (nSPS) is 13.8. The Morgan fingerprint density at radius 1 is 1.38 bits per heavy atom. The Morgan fingerprint density at radius 2 is 2.23 bits per heavy atom. The first-order valence-corrected chi connectivity index (χ1v) is 8.84. The van der Waals surface area contributed by atoms with Crippen LogP contribution in [0.3, 0.4) is 0 Å². The molecule has 4 heterocycles. The summed E-state index contributed by atoms with van der Waals surface area (Å²) in [6.07, 6.45) is 1.60. The van der Waals surface area contributed by atoms with Crippen LogP contribution in [0.5, 0.6) is 0 Å². The van der Waals surface area contributed by atoms with Crippen LogP contribution in [0.15, 0.2) is 28.3 Å². The second kappa shape index (κ2) is 6.48. The number of carbonyl (C=O) groups is 1. The van der Waals surface area contributed by atoms with Crippen LogP contribution in [0.1, 0.15) is 11.3 Å². The molecular formula is C15H14FN7O2S. The van der Waals surface area contributed by atoms with Crippen LogP contribution >= 0.6 is 11.8 Å². The maximum atomic E-state index is 13.4. The first kappa shape index (κ1) is 16.6. The van der Waals surface area contributed by atoms with E-state index in [2.05, 4.69) is 20.5 Å². The number of tetrazole rings is 1. The van der Waals surface area contributed by atoms with Crippen molar-refractivity contribution in [3.05, 3.63) is 45.8 Å². The van der Waals surface area contributed by atoms with Crippen molar-refractivity contribution < 1.29 is 9.18 Å². The molecule has 0 radical (unpaired) electrons. The lowest BCUT2D eigenvalue weighted by molar-refractivity contribution is -0.129. The van der Waals surface area contributed by atoms with Crippen molar-refractivity contribution in [3.63, 3.8) is 0 Å². The van der Waals surface area contributed by atoms with Crippen molar-refractivity contribution >= 4 is 23.3 Å². The predicted octanol–water partition coefficient (Wildman–Crippen LogP) is 0.0341. The second-order valence-corrected chi connectivity index (χ2v) is 6.80. The number of thioether (sulfide) groups is 1. The smallest absolute Gasteiger partial charge is 0.263 e. The number of hydrogen-bond donors (Lipinski definition) is 0. The maximum absolute atomic E-state index is 13.4. The van der Waals surface area contributed by atoms with Gasteiger partial charge in [0.05, 0.1) is 23.6 Å². The van der Waals surface area contributed by atoms with Gasteiger partial charge >= 0.3 is 0 Å². The summed E-state index contributed by atoms with van der Waals surface area (Å²) in [5, 5.41) is 11.6. The standard InChI is InChI=1S/C15H14FN7O2S/c1-21-15(18-19-20-21)26-8-13(24)22-5-4-11-10(7-22)14(25)23-6-9(16)2-3-12(23)17-11/h2-3,6H,4-5,7-8H2,1H3. The van der Waals surface area contributed by atoms with E-state index in [0.717, 1.165) is 6.20 Å². The van der Waals surface area contributed by atoms with Crippen molar-refractivity contribution in [3.8, 4) is 0 Å². The van der Waals surface area contributed by atoms with E-state index in [-0.39, 0.29) is 23.8 Å². The third-order valence-corrected chi connectivity index (χ3v) is 5.19. The molecule has 0 saturated carbocycles. The van der Waals surface area contributed by atoms with Gasteiger partial charge in [0.15, 0.2) is 0 Å². The molecule has 4 rings (SSSR count). The predicted molar refractivity (Wildman–Crippen MR) is 90.1 cm³/mol. The SMILES string of the molecule is Cn1nnnc1SCC(=O)N1CCc2nc3ccc(F)cn3c(=O)c2C1. The number of nitrogens with zero attached hydrogens (tertiary/aromatic N) is 7. The van der Waals surface area contributed by atoms with Crippen LogP contribution in [-0.4, -0.2) is 52.7 Å². The van der Waals surface area contributed by atoms with Gasteiger partial charge < -0.3 is 4.90 Å². The van der Waals surface area contributed by atoms with E-state index in [4.69, 9.17) is 0 Å². The Morgan fingerprint density at radius 3 is 3.00 bits per heavy atom. The molecule has 0 saturated heterocycles. The van der Waals surface area contributed by atoms with Gasteiger partial charge in [0, 0.05) is 26.2 Å². The highest BCUT2D eigenvalue weighted by Crippen LogP contribution is 2.18. The molecule has 3 aromatic rings. The molecule has 1 amide bonds. The molecule has 1 aliphatic rings. The second-order valence-electron chi connectivity index (χ2n) is 5.86. The van der Waals surface area contributed by atoms with E-state index >= 15 is 0 Å². The average molecular weight is 375 g/mol. The molecule has 134 valence electrons. The van der Waals surface area contributed by atoms with Crippen LogP contribution in [-0.2, 0) is 24.8 Å². The molecule has 0 unspecified atom stereocenters. The van der Waals surface area contributed by atoms with Gasteiger partial charge in [0.1, 0.15) is 11.5 Å². The average Bonchev–Trinajstić information content (AvgIpc) is 3.05. The molecule has 26 heavy (non-hydrogen) atoms. The molecule has 9 nitrogen and oxygen atoms in total. The van der Waals surface area contributed by atoms with Crippen molar-refractivity contribution in [2.45, 2.75) is 18.1 Å². The van der Waals surface area contributed by atoms with Crippen LogP contribution < -0.4 is 5.56 Å². The summed E-state index contributed by atoms with van der Waals surface area (Å²) < 4.78 is 16.1. The fourth-order valence-electron chi connectivity index (χ4n) is 2.85. The van der Waals surface area contributed by atoms with Crippen LogP contribution in [0.25, 0.3) is 5.65 Å². The summed E-state index contributed by atoms with van der Waals surface area (Å²) in [5.41, 5.74) is 1.15. The van der Waals surface area contributed by atoms with E-state index in [1.54, 1.807) is 11.9 Å². The van der Waals surface area contributed by atoms with E-state index in [1.807, 2.05) is 0 Å². The summed E-state index contributed by atoms with van der Waals surface area (Å²) in [5.74, 6) is -0.466. The Balaban J connectivity index is 1.56. The summed E-state index contributed by atoms with van der Waals surface area (Å²) in [6.45, 7) is 0.643. The first-order valence-electron chi connectivity index (χ1n) is 7.85. The number of rotatable bonds is 3. The highest BCUT2D eigenvalue weighted by Gasteiger charge is 2.25. The molecule has 3 aromatic heterocycles. The number of aromatic nitrogens is 6. The molecule has 0 spiro atoms. The van der Waals surface area contributed by atoms with Crippen molar-refractivity contribution in [1.29, 1.82) is 0 Å². The molecule has 0 N–H and O–H groups in total. The zero-order chi connectivity index (χ0) is 18.3. The van der Waals surface area contributed by atoms with Gasteiger partial charge in [-0.25, -0.2) is 14.1 Å². The summed E-state index contributed by atoms with van der Waals surface area (Å²) in [7, 11) is 1.70. The number of amides is 1. The number of carbonyl (C=O) groups excluding carboxylic acids is 1. The minimum atomic E-state index is -0.515. The number of hydrogen-bond acceptors (Lipinski definition) is 7. The summed E-state index contributed by atoms with van der Waals surface area (Å²) in [4.78, 5) is 31.2. The van der Waals surface area contributed by atoms with Gasteiger partial charge in [-0.2, -0.15) is 0 Å². The van der Waals surface area contributed by atoms with Gasteiger partial charge in [-0.3, -0.25) is 14.0 Å². The fraction of sp³-hybridized carbons (Fsp3) is 0.333. The number of pyridine rings is 1. The van der Waals surface area contributed by atoms with Gasteiger partial charge in [-0.05, 0) is 22.6 Å². The molecule has 0 aromatic carbocycles. The molecule has 11 heteroatoms. The zero-order valence-electron chi connectivity index (χ0n) is 13.8. The van der Waals surface area contributed by atoms with Crippen molar-refractivity contribution in [1.82, 2.24) is 34.5 Å². The van der Waals surface area contributed by atoms with Crippen LogP contribution in [0.4, 0.5) is 4.39 Å². The Kier molecular flexibility index (Phi) is 4.15. The minimum absolute atomic E-state index is 0.118. The lowest BCUT2D eigenvalue weighted by Crippen LogP contribution is -2.41. The van der Waals surface area contributed by atoms with Crippen molar-refractivity contribution in [2.75, 3.05) is 12.3 Å². The largest absolute Gasteiger partial charge is 0.337 e. The highest BCUT2D eigenvalue weighted by atomic mass is 32.2. The summed E-state index contributed by atoms with van der Waals surface area (Å²) >= 11 is 1.23. The van der Waals surface area contributed by atoms with E-state index < -0.39 is 5.82 Å².